The summed E-state index contributed by atoms with van der Waals surface area (Å²) in [4.78, 5) is 12.2. The summed E-state index contributed by atoms with van der Waals surface area (Å²) in [5.74, 6) is -1.05. The summed E-state index contributed by atoms with van der Waals surface area (Å²) < 4.78 is 41.2. The van der Waals surface area contributed by atoms with Crippen molar-refractivity contribution in [2.75, 3.05) is 5.88 Å². The molecule has 0 amide bonds. The highest BCUT2D eigenvalue weighted by atomic mass is 79.9. The molecule has 1 rings (SSSR count). The van der Waals surface area contributed by atoms with Gasteiger partial charge < -0.3 is 4.74 Å². The van der Waals surface area contributed by atoms with E-state index in [1.165, 1.54) is 12.1 Å². The largest absolute Gasteiger partial charge is 0.573 e. The van der Waals surface area contributed by atoms with E-state index in [0.717, 1.165) is 6.07 Å². The van der Waals surface area contributed by atoms with Crippen LogP contribution in [0.3, 0.4) is 0 Å². The maximum atomic E-state index is 12.3. The summed E-state index contributed by atoms with van der Waals surface area (Å²) in [5, 5.41) is 0. The minimum absolute atomic E-state index is 0.00659. The molecular formula is C12H11BrClF3O2. The molecule has 106 valence electrons. The van der Waals surface area contributed by atoms with Crippen LogP contribution in [-0.2, 0) is 0 Å². The van der Waals surface area contributed by atoms with Gasteiger partial charge in [0.15, 0.2) is 5.78 Å². The first-order chi connectivity index (χ1) is 8.57. The van der Waals surface area contributed by atoms with Crippen LogP contribution >= 0.6 is 27.5 Å². The molecule has 0 atom stereocenters. The number of ether oxygens (including phenoxy) is 1. The molecule has 0 heterocycles. The molecule has 0 aromatic heterocycles. The molecular weight excluding hydrogens is 348 g/mol. The van der Waals surface area contributed by atoms with Crippen molar-refractivity contribution in [1.82, 2.24) is 0 Å². The van der Waals surface area contributed by atoms with Crippen LogP contribution in [0.15, 0.2) is 22.7 Å². The molecule has 0 bridgehead atoms. The van der Waals surface area contributed by atoms with Crippen LogP contribution in [-0.4, -0.2) is 18.0 Å². The second-order valence-electron chi connectivity index (χ2n) is 4.53. The summed E-state index contributed by atoms with van der Waals surface area (Å²) >= 11 is 8.70. The predicted octanol–water partition coefficient (Wildman–Crippen LogP) is 4.80. The molecule has 19 heavy (non-hydrogen) atoms. The van der Waals surface area contributed by atoms with E-state index < -0.39 is 23.3 Å². The standard InChI is InChI=1S/C12H11BrClF3O2/c1-11(2,6-14)10(18)8-4-3-7(13)5-9(8)19-12(15,16)17/h3-5H,6H2,1-2H3. The van der Waals surface area contributed by atoms with E-state index in [1.807, 2.05) is 0 Å². The number of rotatable bonds is 4. The first-order valence-corrected chi connectivity index (χ1v) is 6.55. The third-order valence-electron chi connectivity index (χ3n) is 2.36. The van der Waals surface area contributed by atoms with Crippen LogP contribution in [0.4, 0.5) is 13.2 Å². The van der Waals surface area contributed by atoms with E-state index in [4.69, 9.17) is 11.6 Å². The van der Waals surface area contributed by atoms with E-state index >= 15 is 0 Å². The SMILES string of the molecule is CC(C)(CCl)C(=O)c1ccc(Br)cc1OC(F)(F)F. The van der Waals surface area contributed by atoms with Crippen molar-refractivity contribution in [2.45, 2.75) is 20.2 Å². The molecule has 0 radical (unpaired) electrons. The number of hydrogen-bond acceptors (Lipinski definition) is 2. The molecule has 0 aliphatic heterocycles. The molecule has 1 aromatic rings. The van der Waals surface area contributed by atoms with Crippen molar-refractivity contribution in [3.8, 4) is 5.75 Å². The number of alkyl halides is 4. The Morgan fingerprint density at radius 3 is 2.42 bits per heavy atom. The number of hydrogen-bond donors (Lipinski definition) is 0. The fraction of sp³-hybridized carbons (Fsp3) is 0.417. The van der Waals surface area contributed by atoms with Crippen LogP contribution in [0.2, 0.25) is 0 Å². The Hall–Kier alpha value is -0.750. The zero-order valence-corrected chi connectivity index (χ0v) is 12.5. The fourth-order valence-corrected chi connectivity index (χ4v) is 1.78. The van der Waals surface area contributed by atoms with Gasteiger partial charge in [-0.2, -0.15) is 0 Å². The lowest BCUT2D eigenvalue weighted by Gasteiger charge is -2.22. The molecule has 2 nitrogen and oxygen atoms in total. The maximum Gasteiger partial charge on any atom is 0.573 e. The zero-order valence-electron chi connectivity index (χ0n) is 10.1. The van der Waals surface area contributed by atoms with Gasteiger partial charge in [-0.1, -0.05) is 29.8 Å². The van der Waals surface area contributed by atoms with Gasteiger partial charge >= 0.3 is 6.36 Å². The predicted molar refractivity (Wildman–Crippen MR) is 69.7 cm³/mol. The number of halogens is 5. The molecule has 0 saturated carbocycles. The van der Waals surface area contributed by atoms with Crippen LogP contribution in [0.5, 0.6) is 5.75 Å². The van der Waals surface area contributed by atoms with Gasteiger partial charge in [0.1, 0.15) is 5.75 Å². The number of ketones is 1. The van der Waals surface area contributed by atoms with Gasteiger partial charge in [-0.25, -0.2) is 0 Å². The molecule has 0 N–H and O–H groups in total. The molecule has 0 spiro atoms. The lowest BCUT2D eigenvalue weighted by molar-refractivity contribution is -0.274. The minimum atomic E-state index is -4.86. The normalized spacial score (nSPS) is 12.4. The van der Waals surface area contributed by atoms with Gasteiger partial charge in [-0.3, -0.25) is 4.79 Å². The Kier molecular flexibility index (Phi) is 4.90. The Morgan fingerprint density at radius 2 is 1.95 bits per heavy atom. The van der Waals surface area contributed by atoms with E-state index in [2.05, 4.69) is 20.7 Å². The highest BCUT2D eigenvalue weighted by Gasteiger charge is 2.35. The molecule has 0 unspecified atom stereocenters. The molecule has 0 saturated heterocycles. The van der Waals surface area contributed by atoms with E-state index in [1.54, 1.807) is 13.8 Å². The smallest absolute Gasteiger partial charge is 0.405 e. The van der Waals surface area contributed by atoms with E-state index in [0.29, 0.717) is 4.47 Å². The van der Waals surface area contributed by atoms with Crippen molar-refractivity contribution < 1.29 is 22.7 Å². The first kappa shape index (κ1) is 16.3. The number of carbonyl (C=O) groups excluding carboxylic acids is 1. The molecule has 0 aliphatic carbocycles. The van der Waals surface area contributed by atoms with Gasteiger partial charge in [-0.15, -0.1) is 24.8 Å². The molecule has 1 aromatic carbocycles. The summed E-state index contributed by atoms with van der Waals surface area (Å²) in [7, 11) is 0. The lowest BCUT2D eigenvalue weighted by atomic mass is 9.86. The number of carbonyl (C=O) groups is 1. The molecule has 0 fully saturated rings. The van der Waals surface area contributed by atoms with Gasteiger partial charge in [0.25, 0.3) is 0 Å². The summed E-state index contributed by atoms with van der Waals surface area (Å²) in [6.45, 7) is 3.11. The monoisotopic (exact) mass is 358 g/mol. The van der Waals surface area contributed by atoms with Gasteiger partial charge in [0.05, 0.1) is 5.56 Å². The van der Waals surface area contributed by atoms with Crippen molar-refractivity contribution in [1.29, 1.82) is 0 Å². The fourth-order valence-electron chi connectivity index (χ4n) is 1.32. The average molecular weight is 360 g/mol. The Morgan fingerprint density at radius 1 is 1.37 bits per heavy atom. The quantitative estimate of drug-likeness (QED) is 0.570. The van der Waals surface area contributed by atoms with Crippen molar-refractivity contribution in [3.05, 3.63) is 28.2 Å². The lowest BCUT2D eigenvalue weighted by Crippen LogP contribution is -2.28. The van der Waals surface area contributed by atoms with Crippen LogP contribution in [0, 0.1) is 5.41 Å². The number of Topliss-reactive ketones (excluding diaryl/α,β-unsaturated/α-hetero) is 1. The second-order valence-corrected chi connectivity index (χ2v) is 5.72. The van der Waals surface area contributed by atoms with Crippen molar-refractivity contribution in [3.63, 3.8) is 0 Å². The van der Waals surface area contributed by atoms with Crippen LogP contribution in [0.25, 0.3) is 0 Å². The van der Waals surface area contributed by atoms with Crippen LogP contribution in [0.1, 0.15) is 24.2 Å². The Balaban J connectivity index is 3.24. The highest BCUT2D eigenvalue weighted by molar-refractivity contribution is 9.10. The van der Waals surface area contributed by atoms with Gasteiger partial charge in [-0.05, 0) is 18.2 Å². The number of benzene rings is 1. The Bertz CT molecular complexity index is 486. The third-order valence-corrected chi connectivity index (χ3v) is 3.52. The average Bonchev–Trinajstić information content (AvgIpc) is 2.26. The molecule has 7 heteroatoms. The third kappa shape index (κ3) is 4.38. The molecule has 0 aliphatic rings. The van der Waals surface area contributed by atoms with E-state index in [-0.39, 0.29) is 11.4 Å². The van der Waals surface area contributed by atoms with Crippen molar-refractivity contribution >= 4 is 33.3 Å². The summed E-state index contributed by atoms with van der Waals surface area (Å²) in [6.07, 6.45) is -4.86. The summed E-state index contributed by atoms with van der Waals surface area (Å²) in [6, 6.07) is 3.85. The Labute approximate surface area is 122 Å². The topological polar surface area (TPSA) is 26.3 Å². The second kappa shape index (κ2) is 5.71. The van der Waals surface area contributed by atoms with Crippen molar-refractivity contribution in [2.24, 2.45) is 5.41 Å². The minimum Gasteiger partial charge on any atom is -0.405 e. The zero-order chi connectivity index (χ0) is 14.8. The first-order valence-electron chi connectivity index (χ1n) is 5.23. The van der Waals surface area contributed by atoms with Crippen LogP contribution < -0.4 is 4.74 Å². The summed E-state index contributed by atoms with van der Waals surface area (Å²) in [5.41, 5.74) is -1.12. The van der Waals surface area contributed by atoms with Gasteiger partial charge in [0, 0.05) is 15.8 Å². The van der Waals surface area contributed by atoms with E-state index in [9.17, 15) is 18.0 Å². The maximum absolute atomic E-state index is 12.3. The highest BCUT2D eigenvalue weighted by Crippen LogP contribution is 2.34. The van der Waals surface area contributed by atoms with Gasteiger partial charge in [0.2, 0.25) is 0 Å².